The second-order valence-corrected chi connectivity index (χ2v) is 3.93. The quantitative estimate of drug-likeness (QED) is 0.512. The molecule has 0 aliphatic carbocycles. The first-order valence-corrected chi connectivity index (χ1v) is 5.33. The van der Waals surface area contributed by atoms with Gasteiger partial charge in [-0.05, 0) is 33.6 Å². The standard InChI is InChI=1S/C10H21N3O/c1-4-12-10(11)13-9-5-7(2)14-8(3)6-9/h7-9H,4-6H2,1-3H3,(H3,11,12,13). The average Bonchev–Trinajstić information content (AvgIpc) is 2.01. The van der Waals surface area contributed by atoms with Crippen LogP contribution in [0.25, 0.3) is 0 Å². The molecule has 1 fully saturated rings. The first-order chi connectivity index (χ1) is 6.61. The number of guanidine groups is 1. The summed E-state index contributed by atoms with van der Waals surface area (Å²) in [5.74, 6) is 0.554. The molecule has 1 aliphatic rings. The Hall–Kier alpha value is -0.770. The van der Waals surface area contributed by atoms with Gasteiger partial charge in [-0.25, -0.2) is 0 Å². The Morgan fingerprint density at radius 1 is 1.43 bits per heavy atom. The molecule has 1 rings (SSSR count). The zero-order chi connectivity index (χ0) is 10.6. The molecule has 0 radical (unpaired) electrons. The third-order valence-electron chi connectivity index (χ3n) is 2.38. The molecule has 3 N–H and O–H groups in total. The molecular formula is C10H21N3O. The Labute approximate surface area is 85.9 Å². The maximum Gasteiger partial charge on any atom is 0.188 e. The van der Waals surface area contributed by atoms with Gasteiger partial charge in [0.15, 0.2) is 5.96 Å². The van der Waals surface area contributed by atoms with Gasteiger partial charge in [-0.3, -0.25) is 4.99 Å². The van der Waals surface area contributed by atoms with Crippen LogP contribution in [-0.4, -0.2) is 30.8 Å². The van der Waals surface area contributed by atoms with Crippen LogP contribution in [0, 0.1) is 0 Å². The van der Waals surface area contributed by atoms with Gasteiger partial charge in [0.05, 0.1) is 12.2 Å². The summed E-state index contributed by atoms with van der Waals surface area (Å²) in [6.45, 7) is 6.89. The lowest BCUT2D eigenvalue weighted by molar-refractivity contribution is -0.0394. The largest absolute Gasteiger partial charge is 0.375 e. The Balaban J connectivity index is 2.40. The van der Waals surface area contributed by atoms with E-state index < -0.39 is 0 Å². The smallest absolute Gasteiger partial charge is 0.188 e. The highest BCUT2D eigenvalue weighted by molar-refractivity contribution is 5.78. The SMILES string of the molecule is CCN=C(N)NC1CC(C)OC(C)C1. The molecule has 0 spiro atoms. The molecule has 1 aliphatic heterocycles. The fraction of sp³-hybridized carbons (Fsp3) is 0.900. The lowest BCUT2D eigenvalue weighted by Crippen LogP contribution is -2.46. The second-order valence-electron chi connectivity index (χ2n) is 3.93. The van der Waals surface area contributed by atoms with Gasteiger partial charge in [-0.2, -0.15) is 0 Å². The third kappa shape index (κ3) is 3.54. The molecule has 4 heteroatoms. The Morgan fingerprint density at radius 3 is 2.50 bits per heavy atom. The van der Waals surface area contributed by atoms with Crippen LogP contribution < -0.4 is 11.1 Å². The van der Waals surface area contributed by atoms with E-state index in [1.54, 1.807) is 0 Å². The zero-order valence-electron chi connectivity index (χ0n) is 9.29. The van der Waals surface area contributed by atoms with Gasteiger partial charge in [0.25, 0.3) is 0 Å². The highest BCUT2D eigenvalue weighted by Crippen LogP contribution is 2.18. The number of ether oxygens (including phenoxy) is 1. The van der Waals surface area contributed by atoms with E-state index in [4.69, 9.17) is 10.5 Å². The first-order valence-electron chi connectivity index (χ1n) is 5.33. The van der Waals surface area contributed by atoms with E-state index in [-0.39, 0.29) is 0 Å². The lowest BCUT2D eigenvalue weighted by Gasteiger charge is -2.32. The van der Waals surface area contributed by atoms with Gasteiger partial charge in [0.1, 0.15) is 0 Å². The van der Waals surface area contributed by atoms with E-state index >= 15 is 0 Å². The van der Waals surface area contributed by atoms with Crippen LogP contribution in [0.4, 0.5) is 0 Å². The highest BCUT2D eigenvalue weighted by atomic mass is 16.5. The fourth-order valence-corrected chi connectivity index (χ4v) is 1.95. The number of hydrogen-bond donors (Lipinski definition) is 2. The van der Waals surface area contributed by atoms with Crippen LogP contribution >= 0.6 is 0 Å². The molecule has 4 nitrogen and oxygen atoms in total. The molecule has 0 aromatic heterocycles. The predicted octanol–water partition coefficient (Wildman–Crippen LogP) is 0.867. The van der Waals surface area contributed by atoms with Crippen molar-refractivity contribution >= 4 is 5.96 Å². The summed E-state index contributed by atoms with van der Waals surface area (Å²) >= 11 is 0. The van der Waals surface area contributed by atoms with E-state index in [0.717, 1.165) is 19.4 Å². The number of aliphatic imine (C=N–C) groups is 1. The first kappa shape index (κ1) is 11.3. The maximum absolute atomic E-state index is 5.70. The molecular weight excluding hydrogens is 178 g/mol. The third-order valence-corrected chi connectivity index (χ3v) is 2.38. The molecule has 1 heterocycles. The van der Waals surface area contributed by atoms with Crippen LogP contribution in [0.1, 0.15) is 33.6 Å². The van der Waals surface area contributed by atoms with Gasteiger partial charge in [0.2, 0.25) is 0 Å². The summed E-state index contributed by atoms with van der Waals surface area (Å²) in [7, 11) is 0. The molecule has 0 bridgehead atoms. The summed E-state index contributed by atoms with van der Waals surface area (Å²) in [5.41, 5.74) is 5.70. The van der Waals surface area contributed by atoms with Crippen molar-refractivity contribution in [2.75, 3.05) is 6.54 Å². The number of hydrogen-bond acceptors (Lipinski definition) is 2. The number of nitrogens with one attached hydrogen (secondary N) is 1. The van der Waals surface area contributed by atoms with Crippen molar-refractivity contribution in [2.45, 2.75) is 51.9 Å². The van der Waals surface area contributed by atoms with E-state index in [2.05, 4.69) is 24.2 Å². The van der Waals surface area contributed by atoms with Gasteiger partial charge < -0.3 is 15.8 Å². The Bertz CT molecular complexity index is 196. The monoisotopic (exact) mass is 199 g/mol. The minimum absolute atomic E-state index is 0.311. The fourth-order valence-electron chi connectivity index (χ4n) is 1.95. The van der Waals surface area contributed by atoms with Crippen LogP contribution in [0.2, 0.25) is 0 Å². The number of nitrogens with zero attached hydrogens (tertiary/aromatic N) is 1. The highest BCUT2D eigenvalue weighted by Gasteiger charge is 2.24. The lowest BCUT2D eigenvalue weighted by atomic mass is 10.0. The van der Waals surface area contributed by atoms with Crippen LogP contribution in [0.5, 0.6) is 0 Å². The Kier molecular flexibility index (Phi) is 4.20. The van der Waals surface area contributed by atoms with E-state index in [9.17, 15) is 0 Å². The summed E-state index contributed by atoms with van der Waals surface area (Å²) in [6.07, 6.45) is 2.63. The van der Waals surface area contributed by atoms with Crippen LogP contribution in [0.15, 0.2) is 4.99 Å². The minimum atomic E-state index is 0.311. The van der Waals surface area contributed by atoms with Crippen molar-refractivity contribution in [2.24, 2.45) is 10.7 Å². The van der Waals surface area contributed by atoms with Crippen LogP contribution in [0.3, 0.4) is 0 Å². The normalized spacial score (nSPS) is 34.2. The van der Waals surface area contributed by atoms with Gasteiger partial charge in [0, 0.05) is 12.6 Å². The molecule has 2 unspecified atom stereocenters. The zero-order valence-corrected chi connectivity index (χ0v) is 9.29. The molecule has 0 amide bonds. The molecule has 1 saturated heterocycles. The van der Waals surface area contributed by atoms with E-state index in [1.165, 1.54) is 0 Å². The predicted molar refractivity (Wildman–Crippen MR) is 58.3 cm³/mol. The van der Waals surface area contributed by atoms with Crippen molar-refractivity contribution in [3.8, 4) is 0 Å². The van der Waals surface area contributed by atoms with Gasteiger partial charge in [-0.1, -0.05) is 0 Å². The van der Waals surface area contributed by atoms with Crippen LogP contribution in [-0.2, 0) is 4.74 Å². The second kappa shape index (κ2) is 5.20. The van der Waals surface area contributed by atoms with Crippen molar-refractivity contribution in [1.29, 1.82) is 0 Å². The van der Waals surface area contributed by atoms with Crippen molar-refractivity contribution in [3.05, 3.63) is 0 Å². The topological polar surface area (TPSA) is 59.6 Å². The average molecular weight is 199 g/mol. The van der Waals surface area contributed by atoms with E-state index in [0.29, 0.717) is 24.2 Å². The summed E-state index contributed by atoms with van der Waals surface area (Å²) in [5, 5.41) is 3.23. The number of rotatable bonds is 2. The number of nitrogens with two attached hydrogens (primary N) is 1. The minimum Gasteiger partial charge on any atom is -0.375 e. The summed E-state index contributed by atoms with van der Waals surface area (Å²) in [4.78, 5) is 4.11. The Morgan fingerprint density at radius 2 is 2.00 bits per heavy atom. The van der Waals surface area contributed by atoms with Gasteiger partial charge >= 0.3 is 0 Å². The van der Waals surface area contributed by atoms with E-state index in [1.807, 2.05) is 6.92 Å². The van der Waals surface area contributed by atoms with Crippen molar-refractivity contribution in [1.82, 2.24) is 5.32 Å². The summed E-state index contributed by atoms with van der Waals surface area (Å²) in [6, 6.07) is 0.407. The molecule has 2 atom stereocenters. The molecule has 0 aromatic carbocycles. The van der Waals surface area contributed by atoms with Crippen molar-refractivity contribution < 1.29 is 4.74 Å². The molecule has 14 heavy (non-hydrogen) atoms. The molecule has 82 valence electrons. The molecule has 0 aromatic rings. The van der Waals surface area contributed by atoms with Crippen molar-refractivity contribution in [3.63, 3.8) is 0 Å². The maximum atomic E-state index is 5.70. The molecule has 0 saturated carbocycles. The van der Waals surface area contributed by atoms with Gasteiger partial charge in [-0.15, -0.1) is 0 Å². The summed E-state index contributed by atoms with van der Waals surface area (Å²) < 4.78 is 5.64.